The van der Waals surface area contributed by atoms with E-state index in [1.165, 1.54) is 12.1 Å². The molecule has 14 heteroatoms. The van der Waals surface area contributed by atoms with Gasteiger partial charge in [0, 0.05) is 73.8 Å². The quantitative estimate of drug-likeness (QED) is 0.331. The summed E-state index contributed by atoms with van der Waals surface area (Å²) in [6.07, 6.45) is 1.62. The fourth-order valence-electron chi connectivity index (χ4n) is 5.46. The highest BCUT2D eigenvalue weighted by Crippen LogP contribution is 2.37. The summed E-state index contributed by atoms with van der Waals surface area (Å²) in [6, 6.07) is 3.33. The number of pyridine rings is 1. The van der Waals surface area contributed by atoms with Crippen molar-refractivity contribution >= 4 is 43.3 Å². The molecule has 2 aliphatic rings. The monoisotopic (exact) mass is 617 g/mol. The van der Waals surface area contributed by atoms with Crippen LogP contribution in [0.3, 0.4) is 0 Å². The maximum atomic E-state index is 15.9. The van der Waals surface area contributed by atoms with Gasteiger partial charge in [-0.15, -0.1) is 9.24 Å². The van der Waals surface area contributed by atoms with Gasteiger partial charge in [0.2, 0.25) is 11.5 Å². The number of benzene rings is 1. The van der Waals surface area contributed by atoms with Gasteiger partial charge in [-0.2, -0.15) is 13.2 Å². The van der Waals surface area contributed by atoms with E-state index >= 15 is 4.39 Å². The highest BCUT2D eigenvalue weighted by molar-refractivity contribution is 7.27. The molecule has 0 radical (unpaired) electrons. The van der Waals surface area contributed by atoms with Crippen LogP contribution in [0.15, 0.2) is 47.7 Å². The standard InChI is InChI=1S/C29H32F4N7O2P/c1-16-13-40(14-17(2)38(16)3)25-9-23(30)20(18-5-4-6-39(15-18)28-35-10-19(43)11-36-28)7-24(25)37-27(42)21-12-34-26(41)8-22(21)29(31,32)33/h5,7-12,16-17H,4,6,13-15,43H2,1-3H3,(H,34,41)(H,37,42)/t16-,17+. The van der Waals surface area contributed by atoms with Gasteiger partial charge in [0.15, 0.2) is 0 Å². The number of halogens is 4. The molecule has 3 aromatic rings. The molecule has 43 heavy (non-hydrogen) atoms. The van der Waals surface area contributed by atoms with E-state index in [1.54, 1.807) is 12.4 Å². The van der Waals surface area contributed by atoms with Crippen molar-refractivity contribution in [1.82, 2.24) is 19.9 Å². The predicted octanol–water partition coefficient (Wildman–Crippen LogP) is 3.90. The van der Waals surface area contributed by atoms with Crippen LogP contribution in [0.5, 0.6) is 0 Å². The number of H-pyrrole nitrogens is 1. The Bertz CT molecular complexity index is 1600. The Hall–Kier alpha value is -3.83. The minimum Gasteiger partial charge on any atom is -0.367 e. The van der Waals surface area contributed by atoms with Crippen LogP contribution in [0.4, 0.5) is 34.9 Å². The third kappa shape index (κ3) is 6.57. The highest BCUT2D eigenvalue weighted by atomic mass is 31.0. The minimum absolute atomic E-state index is 0.0913. The molecule has 2 aromatic heterocycles. The van der Waals surface area contributed by atoms with E-state index in [0.717, 1.165) is 11.5 Å². The molecule has 5 rings (SSSR count). The van der Waals surface area contributed by atoms with Gasteiger partial charge in [0.05, 0.1) is 22.5 Å². The summed E-state index contributed by atoms with van der Waals surface area (Å²) in [6.45, 7) is 5.97. The number of nitrogens with zero attached hydrogens (tertiary/aromatic N) is 5. The molecule has 0 bridgehead atoms. The molecule has 2 N–H and O–H groups in total. The van der Waals surface area contributed by atoms with E-state index in [2.05, 4.69) is 34.4 Å². The average molecular weight is 618 g/mol. The zero-order chi connectivity index (χ0) is 31.1. The predicted molar refractivity (Wildman–Crippen MR) is 162 cm³/mol. The van der Waals surface area contributed by atoms with Gasteiger partial charge < -0.3 is 20.1 Å². The normalized spacial score (nSPS) is 19.8. The van der Waals surface area contributed by atoms with Gasteiger partial charge in [-0.25, -0.2) is 14.4 Å². The fraction of sp³-hybridized carbons (Fsp3) is 0.379. The van der Waals surface area contributed by atoms with Crippen LogP contribution in [0.1, 0.15) is 41.8 Å². The second kappa shape index (κ2) is 12.0. The summed E-state index contributed by atoms with van der Waals surface area (Å²) in [7, 11) is 4.51. The molecule has 4 heterocycles. The summed E-state index contributed by atoms with van der Waals surface area (Å²) in [5.41, 5.74) is -1.75. The third-order valence-electron chi connectivity index (χ3n) is 7.95. The molecule has 9 nitrogen and oxygen atoms in total. The Labute approximate surface area is 248 Å². The highest BCUT2D eigenvalue weighted by Gasteiger charge is 2.36. The first-order valence-corrected chi connectivity index (χ1v) is 14.3. The van der Waals surface area contributed by atoms with Crippen LogP contribution in [-0.2, 0) is 6.18 Å². The number of aromatic nitrogens is 3. The number of anilines is 3. The van der Waals surface area contributed by atoms with E-state index in [0.29, 0.717) is 55.9 Å². The molecular weight excluding hydrogens is 585 g/mol. The summed E-state index contributed by atoms with van der Waals surface area (Å²) < 4.78 is 57.2. The second-order valence-corrected chi connectivity index (χ2v) is 11.6. The molecule has 1 fully saturated rings. The third-order valence-corrected chi connectivity index (χ3v) is 8.24. The van der Waals surface area contributed by atoms with E-state index in [4.69, 9.17) is 0 Å². The van der Waals surface area contributed by atoms with Gasteiger partial charge in [-0.1, -0.05) is 6.08 Å². The van der Waals surface area contributed by atoms with Crippen molar-refractivity contribution in [2.75, 3.05) is 48.3 Å². The fourth-order valence-corrected chi connectivity index (χ4v) is 5.61. The largest absolute Gasteiger partial charge is 0.417 e. The smallest absolute Gasteiger partial charge is 0.367 e. The molecule has 3 atom stereocenters. The van der Waals surface area contributed by atoms with Crippen molar-refractivity contribution in [1.29, 1.82) is 0 Å². The molecule has 0 saturated carbocycles. The summed E-state index contributed by atoms with van der Waals surface area (Å²) in [5.74, 6) is -1.12. The van der Waals surface area contributed by atoms with Crippen molar-refractivity contribution in [2.24, 2.45) is 0 Å². The molecule has 1 amide bonds. The Kier molecular flexibility index (Phi) is 8.58. The lowest BCUT2D eigenvalue weighted by Crippen LogP contribution is -2.55. The summed E-state index contributed by atoms with van der Waals surface area (Å²) >= 11 is 0. The van der Waals surface area contributed by atoms with Crippen molar-refractivity contribution in [3.63, 3.8) is 0 Å². The number of piperazine rings is 1. The minimum atomic E-state index is -4.94. The van der Waals surface area contributed by atoms with E-state index < -0.39 is 34.6 Å². The Morgan fingerprint density at radius 2 is 1.77 bits per heavy atom. The number of carbonyl (C=O) groups excluding carboxylic acids is 1. The Morgan fingerprint density at radius 1 is 1.09 bits per heavy atom. The Balaban J connectivity index is 1.55. The SMILES string of the molecule is C[C@@H]1CN(c2cc(F)c(C3=CCCN(c4ncc(P)cn4)C3)cc2NC(=O)c2c[nH]c(=O)cc2C(F)(F)F)C[C@H](C)N1C. The lowest BCUT2D eigenvalue weighted by atomic mass is 9.98. The number of rotatable bonds is 5. The van der Waals surface area contributed by atoms with E-state index in [1.807, 2.05) is 36.8 Å². The van der Waals surface area contributed by atoms with Crippen LogP contribution >= 0.6 is 9.24 Å². The number of amides is 1. The number of alkyl halides is 3. The number of hydrogen-bond donors (Lipinski definition) is 2. The zero-order valence-electron chi connectivity index (χ0n) is 23.9. The van der Waals surface area contributed by atoms with Gasteiger partial charge in [-0.05, 0) is 45.0 Å². The van der Waals surface area contributed by atoms with E-state index in [9.17, 15) is 22.8 Å². The molecular formula is C29H32F4N7O2P. The summed E-state index contributed by atoms with van der Waals surface area (Å²) in [4.78, 5) is 41.9. The Morgan fingerprint density at radius 3 is 2.42 bits per heavy atom. The lowest BCUT2D eigenvalue weighted by Gasteiger charge is -2.44. The average Bonchev–Trinajstić information content (AvgIpc) is 2.96. The lowest BCUT2D eigenvalue weighted by molar-refractivity contribution is -0.138. The molecule has 228 valence electrons. The molecule has 0 aliphatic carbocycles. The molecule has 1 unspecified atom stereocenters. The van der Waals surface area contributed by atoms with Crippen LogP contribution in [-0.4, -0.2) is 71.1 Å². The second-order valence-electron chi connectivity index (χ2n) is 11.0. The van der Waals surface area contributed by atoms with Crippen molar-refractivity contribution in [2.45, 2.75) is 38.5 Å². The van der Waals surface area contributed by atoms with Crippen LogP contribution in [0.25, 0.3) is 5.57 Å². The zero-order valence-corrected chi connectivity index (χ0v) is 25.0. The topological polar surface area (TPSA) is 97.5 Å². The maximum absolute atomic E-state index is 15.9. The number of hydrogen-bond acceptors (Lipinski definition) is 7. The van der Waals surface area contributed by atoms with Crippen LogP contribution in [0, 0.1) is 5.82 Å². The number of likely N-dealkylation sites (N-methyl/N-ethyl adjacent to an activating group) is 1. The number of aromatic amines is 1. The first-order chi connectivity index (χ1) is 20.3. The molecule has 1 aromatic carbocycles. The van der Waals surface area contributed by atoms with Crippen LogP contribution in [0.2, 0.25) is 0 Å². The van der Waals surface area contributed by atoms with E-state index in [-0.39, 0.29) is 23.3 Å². The van der Waals surface area contributed by atoms with Gasteiger partial charge in [0.1, 0.15) is 5.82 Å². The molecule has 0 spiro atoms. The number of nitrogens with one attached hydrogen (secondary N) is 2. The molecule has 2 aliphatic heterocycles. The molecule has 1 saturated heterocycles. The van der Waals surface area contributed by atoms with Crippen molar-refractivity contribution in [3.8, 4) is 0 Å². The van der Waals surface area contributed by atoms with Crippen molar-refractivity contribution in [3.05, 3.63) is 75.7 Å². The number of carbonyl (C=O) groups is 1. The first kappa shape index (κ1) is 30.6. The van der Waals surface area contributed by atoms with Crippen LogP contribution < -0.4 is 26.0 Å². The van der Waals surface area contributed by atoms with Crippen molar-refractivity contribution < 1.29 is 22.4 Å². The van der Waals surface area contributed by atoms with Gasteiger partial charge >= 0.3 is 6.18 Å². The summed E-state index contributed by atoms with van der Waals surface area (Å²) in [5, 5.41) is 3.42. The van der Waals surface area contributed by atoms with Gasteiger partial charge in [0.25, 0.3) is 5.91 Å². The first-order valence-electron chi connectivity index (χ1n) is 13.8. The maximum Gasteiger partial charge on any atom is 0.417 e. The van der Waals surface area contributed by atoms with Gasteiger partial charge in [-0.3, -0.25) is 14.5 Å².